The Kier molecular flexibility index (Phi) is 4.45. The van der Waals surface area contributed by atoms with Gasteiger partial charge < -0.3 is 5.32 Å². The molecule has 0 aliphatic heterocycles. The fourth-order valence-corrected chi connectivity index (χ4v) is 1.90. The molecule has 4 heteroatoms. The van der Waals surface area contributed by atoms with E-state index in [9.17, 15) is 0 Å². The number of pyridine rings is 1. The van der Waals surface area contributed by atoms with Crippen molar-refractivity contribution in [2.45, 2.75) is 13.3 Å². The molecule has 0 radical (unpaired) electrons. The molecule has 0 unspecified atom stereocenters. The SMILES string of the molecule is CCCNc1cccc(-c2ccc(Cl)c(Cl)c2)n1. The summed E-state index contributed by atoms with van der Waals surface area (Å²) < 4.78 is 0. The third-order valence-electron chi connectivity index (χ3n) is 2.52. The summed E-state index contributed by atoms with van der Waals surface area (Å²) in [5.74, 6) is 0.875. The van der Waals surface area contributed by atoms with Gasteiger partial charge in [0.2, 0.25) is 0 Å². The van der Waals surface area contributed by atoms with Crippen molar-refractivity contribution in [3.05, 3.63) is 46.4 Å². The van der Waals surface area contributed by atoms with Crippen LogP contribution in [0.4, 0.5) is 5.82 Å². The van der Waals surface area contributed by atoms with Gasteiger partial charge in [0.05, 0.1) is 15.7 Å². The van der Waals surface area contributed by atoms with Crippen LogP contribution in [0.5, 0.6) is 0 Å². The third kappa shape index (κ3) is 3.15. The summed E-state index contributed by atoms with van der Waals surface area (Å²) in [4.78, 5) is 4.54. The van der Waals surface area contributed by atoms with Crippen LogP contribution in [-0.4, -0.2) is 11.5 Å². The van der Waals surface area contributed by atoms with Gasteiger partial charge in [-0.2, -0.15) is 0 Å². The molecule has 0 aliphatic rings. The molecule has 0 spiro atoms. The number of rotatable bonds is 4. The Morgan fingerprint density at radius 2 is 1.94 bits per heavy atom. The maximum atomic E-state index is 6.01. The minimum atomic E-state index is 0.544. The van der Waals surface area contributed by atoms with Gasteiger partial charge in [-0.25, -0.2) is 4.98 Å². The average Bonchev–Trinajstić information content (AvgIpc) is 2.40. The molecule has 2 rings (SSSR count). The van der Waals surface area contributed by atoms with Crippen molar-refractivity contribution in [2.75, 3.05) is 11.9 Å². The Morgan fingerprint density at radius 3 is 2.67 bits per heavy atom. The summed E-state index contributed by atoms with van der Waals surface area (Å²) >= 11 is 11.9. The monoisotopic (exact) mass is 280 g/mol. The molecule has 1 heterocycles. The Morgan fingerprint density at radius 1 is 1.11 bits per heavy atom. The summed E-state index contributed by atoms with van der Waals surface area (Å²) in [5, 5.41) is 4.36. The van der Waals surface area contributed by atoms with E-state index in [0.29, 0.717) is 10.0 Å². The summed E-state index contributed by atoms with van der Waals surface area (Å²) in [6, 6.07) is 11.4. The van der Waals surface area contributed by atoms with E-state index in [0.717, 1.165) is 30.0 Å². The van der Waals surface area contributed by atoms with Crippen LogP contribution < -0.4 is 5.32 Å². The van der Waals surface area contributed by atoms with Crippen LogP contribution in [0, 0.1) is 0 Å². The lowest BCUT2D eigenvalue weighted by Gasteiger charge is -2.07. The lowest BCUT2D eigenvalue weighted by molar-refractivity contribution is 0.970. The maximum Gasteiger partial charge on any atom is 0.126 e. The first-order chi connectivity index (χ1) is 8.70. The fraction of sp³-hybridized carbons (Fsp3) is 0.214. The summed E-state index contributed by atoms with van der Waals surface area (Å²) in [5.41, 5.74) is 1.85. The van der Waals surface area contributed by atoms with E-state index in [2.05, 4.69) is 17.2 Å². The molecule has 1 aromatic heterocycles. The second kappa shape index (κ2) is 6.07. The van der Waals surface area contributed by atoms with Gasteiger partial charge >= 0.3 is 0 Å². The van der Waals surface area contributed by atoms with E-state index in [4.69, 9.17) is 23.2 Å². The molecule has 2 nitrogen and oxygen atoms in total. The molecular formula is C14H14Cl2N2. The molecule has 94 valence electrons. The van der Waals surface area contributed by atoms with E-state index in [1.165, 1.54) is 0 Å². The predicted molar refractivity (Wildman–Crippen MR) is 78.5 cm³/mol. The average molecular weight is 281 g/mol. The van der Waals surface area contributed by atoms with Gasteiger partial charge in [0, 0.05) is 12.1 Å². The Hall–Kier alpha value is -1.25. The molecule has 2 aromatic rings. The summed E-state index contributed by atoms with van der Waals surface area (Å²) in [6.07, 6.45) is 1.07. The number of aromatic nitrogens is 1. The Bertz CT molecular complexity index is 541. The first-order valence-electron chi connectivity index (χ1n) is 5.87. The number of hydrogen-bond acceptors (Lipinski definition) is 2. The fourth-order valence-electron chi connectivity index (χ4n) is 1.60. The molecule has 0 fully saturated rings. The number of hydrogen-bond donors (Lipinski definition) is 1. The van der Waals surface area contributed by atoms with Gasteiger partial charge in [-0.05, 0) is 30.7 Å². The third-order valence-corrected chi connectivity index (χ3v) is 3.26. The smallest absolute Gasteiger partial charge is 0.126 e. The molecule has 0 atom stereocenters. The summed E-state index contributed by atoms with van der Waals surface area (Å²) in [7, 11) is 0. The van der Waals surface area contributed by atoms with Gasteiger partial charge in [0.15, 0.2) is 0 Å². The zero-order chi connectivity index (χ0) is 13.0. The molecule has 1 N–H and O–H groups in total. The largest absolute Gasteiger partial charge is 0.370 e. The van der Waals surface area contributed by atoms with Crippen LogP contribution in [0.2, 0.25) is 10.0 Å². The topological polar surface area (TPSA) is 24.9 Å². The van der Waals surface area contributed by atoms with Crippen molar-refractivity contribution >= 4 is 29.0 Å². The van der Waals surface area contributed by atoms with Gasteiger partial charge in [-0.1, -0.05) is 42.3 Å². The van der Waals surface area contributed by atoms with Crippen LogP contribution in [0.25, 0.3) is 11.3 Å². The van der Waals surface area contributed by atoms with Gasteiger partial charge in [0.1, 0.15) is 5.82 Å². The van der Waals surface area contributed by atoms with Gasteiger partial charge in [-0.15, -0.1) is 0 Å². The lowest BCUT2D eigenvalue weighted by atomic mass is 10.1. The molecular weight excluding hydrogens is 267 g/mol. The molecule has 0 aliphatic carbocycles. The number of nitrogens with one attached hydrogen (secondary N) is 1. The maximum absolute atomic E-state index is 6.01. The van der Waals surface area contributed by atoms with Crippen LogP contribution >= 0.6 is 23.2 Å². The van der Waals surface area contributed by atoms with Gasteiger partial charge in [-0.3, -0.25) is 0 Å². The van der Waals surface area contributed by atoms with Gasteiger partial charge in [0.25, 0.3) is 0 Å². The predicted octanol–water partition coefficient (Wildman–Crippen LogP) is 4.88. The van der Waals surface area contributed by atoms with Crippen LogP contribution in [0.3, 0.4) is 0 Å². The highest BCUT2D eigenvalue weighted by Gasteiger charge is 2.04. The lowest BCUT2D eigenvalue weighted by Crippen LogP contribution is -2.01. The van der Waals surface area contributed by atoms with E-state index < -0.39 is 0 Å². The summed E-state index contributed by atoms with van der Waals surface area (Å²) in [6.45, 7) is 3.04. The highest BCUT2D eigenvalue weighted by molar-refractivity contribution is 6.42. The molecule has 0 saturated carbocycles. The zero-order valence-electron chi connectivity index (χ0n) is 10.1. The second-order valence-corrected chi connectivity index (χ2v) is 4.78. The quantitative estimate of drug-likeness (QED) is 0.864. The van der Waals surface area contributed by atoms with E-state index in [1.54, 1.807) is 6.07 Å². The number of nitrogens with zero attached hydrogens (tertiary/aromatic N) is 1. The Labute approximate surface area is 117 Å². The molecule has 0 saturated heterocycles. The number of anilines is 1. The first kappa shape index (κ1) is 13.2. The van der Waals surface area contributed by atoms with Crippen LogP contribution in [-0.2, 0) is 0 Å². The minimum Gasteiger partial charge on any atom is -0.370 e. The first-order valence-corrected chi connectivity index (χ1v) is 6.62. The molecule has 1 aromatic carbocycles. The van der Waals surface area contributed by atoms with Crippen molar-refractivity contribution in [1.82, 2.24) is 4.98 Å². The molecule has 0 bridgehead atoms. The van der Waals surface area contributed by atoms with E-state index >= 15 is 0 Å². The molecule has 0 amide bonds. The van der Waals surface area contributed by atoms with Crippen molar-refractivity contribution in [3.8, 4) is 11.3 Å². The van der Waals surface area contributed by atoms with Crippen molar-refractivity contribution < 1.29 is 0 Å². The normalized spacial score (nSPS) is 10.4. The van der Waals surface area contributed by atoms with Crippen molar-refractivity contribution in [3.63, 3.8) is 0 Å². The Balaban J connectivity index is 2.29. The van der Waals surface area contributed by atoms with E-state index in [1.807, 2.05) is 30.3 Å². The van der Waals surface area contributed by atoms with Crippen molar-refractivity contribution in [2.24, 2.45) is 0 Å². The second-order valence-electron chi connectivity index (χ2n) is 3.96. The highest BCUT2D eigenvalue weighted by Crippen LogP contribution is 2.27. The minimum absolute atomic E-state index is 0.544. The highest BCUT2D eigenvalue weighted by atomic mass is 35.5. The zero-order valence-corrected chi connectivity index (χ0v) is 11.6. The molecule has 18 heavy (non-hydrogen) atoms. The van der Waals surface area contributed by atoms with Crippen LogP contribution in [0.15, 0.2) is 36.4 Å². The standard InChI is InChI=1S/C14H14Cl2N2/c1-2-8-17-14-5-3-4-13(18-14)10-6-7-11(15)12(16)9-10/h3-7,9H,2,8H2,1H3,(H,17,18). The van der Waals surface area contributed by atoms with E-state index in [-0.39, 0.29) is 0 Å². The number of benzene rings is 1. The van der Waals surface area contributed by atoms with Crippen LogP contribution in [0.1, 0.15) is 13.3 Å². The number of halogens is 2. The van der Waals surface area contributed by atoms with Crippen molar-refractivity contribution in [1.29, 1.82) is 0 Å².